The molecule has 0 radical (unpaired) electrons. The molecule has 0 saturated carbocycles. The van der Waals surface area contributed by atoms with Gasteiger partial charge in [-0.1, -0.05) is 13.8 Å². The lowest BCUT2D eigenvalue weighted by molar-refractivity contribution is 0.811. The molecule has 0 saturated heterocycles. The monoisotopic (exact) mass is 200 g/mol. The fraction of sp³-hybridized carbons (Fsp3) is 0.500. The van der Waals surface area contributed by atoms with Gasteiger partial charge >= 0.3 is 5.69 Å². The molecule has 1 aromatic heterocycles. The lowest BCUT2D eigenvalue weighted by atomic mass is 10.1. The molecule has 0 aliphatic carbocycles. The van der Waals surface area contributed by atoms with E-state index in [9.17, 15) is 9.59 Å². The third-order valence-electron chi connectivity index (χ3n) is 1.76. The van der Waals surface area contributed by atoms with Crippen molar-refractivity contribution in [3.8, 4) is 0 Å². The summed E-state index contributed by atoms with van der Waals surface area (Å²) < 4.78 is 1.41. The van der Waals surface area contributed by atoms with E-state index in [1.807, 2.05) is 13.8 Å². The second kappa shape index (κ2) is 3.83. The van der Waals surface area contributed by atoms with Crippen LogP contribution in [0.3, 0.4) is 0 Å². The predicted octanol–water partition coefficient (Wildman–Crippen LogP) is 0.786. The molecule has 13 heavy (non-hydrogen) atoms. The Hall–Kier alpha value is -0.970. The van der Waals surface area contributed by atoms with Gasteiger partial charge in [0.25, 0.3) is 5.56 Å². The van der Waals surface area contributed by atoms with E-state index in [1.54, 1.807) is 12.5 Å². The van der Waals surface area contributed by atoms with E-state index in [0.29, 0.717) is 5.56 Å². The highest BCUT2D eigenvalue weighted by atomic mass is 32.2. The van der Waals surface area contributed by atoms with E-state index >= 15 is 0 Å². The van der Waals surface area contributed by atoms with Crippen molar-refractivity contribution in [3.63, 3.8) is 0 Å². The second-order valence-electron chi connectivity index (χ2n) is 3.01. The van der Waals surface area contributed by atoms with Gasteiger partial charge in [-0.15, -0.1) is 0 Å². The molecule has 0 aliphatic rings. The fourth-order valence-corrected chi connectivity index (χ4v) is 1.45. The molecule has 0 amide bonds. The summed E-state index contributed by atoms with van der Waals surface area (Å²) in [5.74, 6) is 0.128. The topological polar surface area (TPSA) is 54.9 Å². The molecule has 0 spiro atoms. The molecular formula is C8H12N2O2S. The van der Waals surface area contributed by atoms with Gasteiger partial charge in [0, 0.05) is 18.0 Å². The van der Waals surface area contributed by atoms with Crippen molar-refractivity contribution in [3.05, 3.63) is 32.6 Å². The standard InChI is InChI=1S/C8H12N2O2S/c1-5(2)6-4-10(13-3)8(12)9-7(6)11/h4-5H,1-3H3,(H,9,11,12). The van der Waals surface area contributed by atoms with E-state index < -0.39 is 0 Å². The molecule has 72 valence electrons. The van der Waals surface area contributed by atoms with Crippen LogP contribution in [0.1, 0.15) is 25.3 Å². The van der Waals surface area contributed by atoms with Gasteiger partial charge in [0.2, 0.25) is 0 Å². The van der Waals surface area contributed by atoms with Crippen molar-refractivity contribution in [2.24, 2.45) is 0 Å². The van der Waals surface area contributed by atoms with Crippen LogP contribution in [0.15, 0.2) is 15.8 Å². The summed E-state index contributed by atoms with van der Waals surface area (Å²) in [5, 5.41) is 0. The minimum absolute atomic E-state index is 0.128. The quantitative estimate of drug-likeness (QED) is 0.767. The van der Waals surface area contributed by atoms with Crippen molar-refractivity contribution < 1.29 is 0 Å². The van der Waals surface area contributed by atoms with Crippen molar-refractivity contribution >= 4 is 11.9 Å². The van der Waals surface area contributed by atoms with Gasteiger partial charge in [-0.25, -0.2) is 8.77 Å². The number of nitrogens with one attached hydrogen (secondary N) is 1. The Kier molecular flexibility index (Phi) is 2.98. The van der Waals surface area contributed by atoms with Crippen LogP contribution >= 0.6 is 11.9 Å². The molecule has 1 aromatic rings. The number of rotatable bonds is 2. The van der Waals surface area contributed by atoms with Gasteiger partial charge in [-0.05, 0) is 17.9 Å². The first-order valence-corrected chi connectivity index (χ1v) is 5.14. The number of aromatic amines is 1. The van der Waals surface area contributed by atoms with E-state index in [-0.39, 0.29) is 17.2 Å². The van der Waals surface area contributed by atoms with Gasteiger partial charge in [-0.2, -0.15) is 0 Å². The molecule has 0 aromatic carbocycles. The third-order valence-corrected chi connectivity index (χ3v) is 2.42. The SMILES string of the molecule is CSn1cc(C(C)C)c(=O)[nH]c1=O. The zero-order valence-corrected chi connectivity index (χ0v) is 8.64. The van der Waals surface area contributed by atoms with Crippen LogP contribution < -0.4 is 11.2 Å². The summed E-state index contributed by atoms with van der Waals surface area (Å²) >= 11 is 1.27. The largest absolute Gasteiger partial charge is 0.338 e. The van der Waals surface area contributed by atoms with E-state index in [4.69, 9.17) is 0 Å². The zero-order chi connectivity index (χ0) is 10.0. The number of aromatic nitrogens is 2. The zero-order valence-electron chi connectivity index (χ0n) is 7.83. The molecule has 0 unspecified atom stereocenters. The minimum atomic E-state index is -0.373. The van der Waals surface area contributed by atoms with Gasteiger partial charge in [0.05, 0.1) is 0 Å². The van der Waals surface area contributed by atoms with Crippen LogP contribution in [-0.2, 0) is 0 Å². The van der Waals surface area contributed by atoms with Crippen LogP contribution in [0.5, 0.6) is 0 Å². The summed E-state index contributed by atoms with van der Waals surface area (Å²) in [4.78, 5) is 24.7. The summed E-state index contributed by atoms with van der Waals surface area (Å²) in [6, 6.07) is 0. The first-order valence-electron chi connectivity index (χ1n) is 3.96. The molecule has 0 bridgehead atoms. The van der Waals surface area contributed by atoms with E-state index in [2.05, 4.69) is 4.98 Å². The van der Waals surface area contributed by atoms with Gasteiger partial charge in [0.15, 0.2) is 0 Å². The van der Waals surface area contributed by atoms with Crippen LogP contribution in [-0.4, -0.2) is 15.2 Å². The van der Waals surface area contributed by atoms with Crippen LogP contribution in [0.4, 0.5) is 0 Å². The number of nitrogens with zero attached hydrogens (tertiary/aromatic N) is 1. The van der Waals surface area contributed by atoms with Crippen molar-refractivity contribution in [1.82, 2.24) is 8.96 Å². The molecule has 1 heterocycles. The Morgan fingerprint density at radius 3 is 2.54 bits per heavy atom. The number of hydrogen-bond donors (Lipinski definition) is 1. The molecule has 0 atom stereocenters. The molecule has 4 nitrogen and oxygen atoms in total. The average Bonchev–Trinajstić information content (AvgIpc) is 2.03. The minimum Gasteiger partial charge on any atom is -0.273 e. The first-order chi connectivity index (χ1) is 6.06. The first kappa shape index (κ1) is 10.1. The normalized spacial score (nSPS) is 10.8. The van der Waals surface area contributed by atoms with Crippen LogP contribution in [0, 0.1) is 0 Å². The Morgan fingerprint density at radius 2 is 2.08 bits per heavy atom. The predicted molar refractivity (Wildman–Crippen MR) is 54.3 cm³/mol. The maximum absolute atomic E-state index is 11.3. The smallest absolute Gasteiger partial charge is 0.273 e. The lowest BCUT2D eigenvalue weighted by Crippen LogP contribution is -2.29. The molecule has 0 fully saturated rings. The highest BCUT2D eigenvalue weighted by Gasteiger charge is 2.07. The second-order valence-corrected chi connectivity index (χ2v) is 3.77. The summed E-state index contributed by atoms with van der Waals surface area (Å²) in [6.45, 7) is 3.83. The number of hydrogen-bond acceptors (Lipinski definition) is 3. The fourth-order valence-electron chi connectivity index (χ4n) is 1.01. The summed E-state index contributed by atoms with van der Waals surface area (Å²) in [7, 11) is 0. The van der Waals surface area contributed by atoms with Gasteiger partial charge < -0.3 is 0 Å². The Morgan fingerprint density at radius 1 is 1.46 bits per heavy atom. The maximum atomic E-state index is 11.3. The number of H-pyrrole nitrogens is 1. The average molecular weight is 200 g/mol. The summed E-state index contributed by atoms with van der Waals surface area (Å²) in [6.07, 6.45) is 3.38. The van der Waals surface area contributed by atoms with Gasteiger partial charge in [-0.3, -0.25) is 9.78 Å². The van der Waals surface area contributed by atoms with Crippen molar-refractivity contribution in [2.45, 2.75) is 19.8 Å². The molecule has 0 aliphatic heterocycles. The van der Waals surface area contributed by atoms with Gasteiger partial charge in [0.1, 0.15) is 0 Å². The van der Waals surface area contributed by atoms with Crippen LogP contribution in [0.2, 0.25) is 0 Å². The summed E-state index contributed by atoms with van der Waals surface area (Å²) in [5.41, 5.74) is -0.0267. The molecule has 1 N–H and O–H groups in total. The Labute approximate surface area is 80.1 Å². The highest BCUT2D eigenvalue weighted by Crippen LogP contribution is 2.08. The van der Waals surface area contributed by atoms with Crippen LogP contribution in [0.25, 0.3) is 0 Å². The molecule has 5 heteroatoms. The van der Waals surface area contributed by atoms with Crippen molar-refractivity contribution in [2.75, 3.05) is 6.26 Å². The Bertz CT molecular complexity index is 405. The molecular weight excluding hydrogens is 188 g/mol. The van der Waals surface area contributed by atoms with Crippen molar-refractivity contribution in [1.29, 1.82) is 0 Å². The van der Waals surface area contributed by atoms with E-state index in [0.717, 1.165) is 0 Å². The van der Waals surface area contributed by atoms with E-state index in [1.165, 1.54) is 15.9 Å². The Balaban J connectivity index is 3.40. The third kappa shape index (κ3) is 2.03. The highest BCUT2D eigenvalue weighted by molar-refractivity contribution is 7.97. The maximum Gasteiger partial charge on any atom is 0.338 e. The lowest BCUT2D eigenvalue weighted by Gasteiger charge is -2.05. The molecule has 1 rings (SSSR count).